The van der Waals surface area contributed by atoms with Crippen LogP contribution in [0.5, 0.6) is 11.5 Å². The molecule has 1 aliphatic rings. The first-order valence-corrected chi connectivity index (χ1v) is 10.0. The van der Waals surface area contributed by atoms with Crippen LogP contribution in [-0.4, -0.2) is 42.8 Å². The van der Waals surface area contributed by atoms with Crippen molar-refractivity contribution in [2.75, 3.05) is 20.8 Å². The SMILES string of the molecule is CCCN1C(=O)SC(=Cc2ccc(OCc3ccc(C(=O)OC)o3)c(OC)c2)C1=O. The normalized spacial score (nSPS) is 15.0. The third kappa shape index (κ3) is 4.68. The number of thioether (sulfide) groups is 1. The zero-order valence-electron chi connectivity index (χ0n) is 16.8. The van der Waals surface area contributed by atoms with E-state index >= 15 is 0 Å². The van der Waals surface area contributed by atoms with Crippen molar-refractivity contribution >= 4 is 35.0 Å². The Kier molecular flexibility index (Phi) is 6.83. The minimum absolute atomic E-state index is 0.0859. The fourth-order valence-corrected chi connectivity index (χ4v) is 3.64. The predicted octanol–water partition coefficient (Wildman–Crippen LogP) is 4.10. The smallest absolute Gasteiger partial charge is 0.373 e. The summed E-state index contributed by atoms with van der Waals surface area (Å²) in [6.07, 6.45) is 2.37. The number of hydrogen-bond acceptors (Lipinski definition) is 8. The molecule has 0 spiro atoms. The Labute approximate surface area is 177 Å². The van der Waals surface area contributed by atoms with Crippen LogP contribution in [0.15, 0.2) is 39.7 Å². The number of nitrogens with zero attached hydrogens (tertiary/aromatic N) is 1. The number of ether oxygens (including phenoxy) is 3. The van der Waals surface area contributed by atoms with Crippen LogP contribution in [0.3, 0.4) is 0 Å². The Morgan fingerprint density at radius 3 is 2.67 bits per heavy atom. The second-order valence-electron chi connectivity index (χ2n) is 6.29. The second kappa shape index (κ2) is 9.53. The molecule has 1 aliphatic heterocycles. The van der Waals surface area contributed by atoms with Crippen LogP contribution in [0.4, 0.5) is 4.79 Å². The molecule has 3 rings (SSSR count). The first-order valence-electron chi connectivity index (χ1n) is 9.20. The fourth-order valence-electron chi connectivity index (χ4n) is 2.78. The number of imide groups is 1. The van der Waals surface area contributed by atoms with E-state index in [-0.39, 0.29) is 23.5 Å². The highest BCUT2D eigenvalue weighted by atomic mass is 32.2. The fraction of sp³-hybridized carbons (Fsp3) is 0.286. The number of esters is 1. The molecule has 2 amide bonds. The van der Waals surface area contributed by atoms with Crippen LogP contribution in [0.2, 0.25) is 0 Å². The summed E-state index contributed by atoms with van der Waals surface area (Å²) in [6.45, 7) is 2.40. The number of hydrogen-bond donors (Lipinski definition) is 0. The Morgan fingerprint density at radius 1 is 1.17 bits per heavy atom. The monoisotopic (exact) mass is 431 g/mol. The van der Waals surface area contributed by atoms with Gasteiger partial charge in [0.2, 0.25) is 5.76 Å². The largest absolute Gasteiger partial charge is 0.493 e. The standard InChI is InChI=1S/C21H21NO7S/c1-4-9-22-19(23)18(30-21(22)25)11-13-5-7-15(17(10-13)26-2)28-12-14-6-8-16(29-14)20(24)27-3/h5-8,10-11H,4,9,12H2,1-3H3. The molecule has 1 aromatic carbocycles. The molecule has 0 unspecified atom stereocenters. The summed E-state index contributed by atoms with van der Waals surface area (Å²) < 4.78 is 21.1. The van der Waals surface area contributed by atoms with Crippen molar-refractivity contribution < 1.29 is 33.0 Å². The summed E-state index contributed by atoms with van der Waals surface area (Å²) in [5.41, 5.74) is 0.701. The van der Waals surface area contributed by atoms with Crippen LogP contribution >= 0.6 is 11.8 Å². The van der Waals surface area contributed by atoms with E-state index in [1.165, 1.54) is 25.2 Å². The maximum absolute atomic E-state index is 12.4. The summed E-state index contributed by atoms with van der Waals surface area (Å²) in [5, 5.41) is -0.259. The van der Waals surface area contributed by atoms with Gasteiger partial charge in [0.25, 0.3) is 11.1 Å². The van der Waals surface area contributed by atoms with Gasteiger partial charge in [0, 0.05) is 6.54 Å². The van der Waals surface area contributed by atoms with Crippen LogP contribution in [0.1, 0.15) is 35.2 Å². The maximum Gasteiger partial charge on any atom is 0.373 e. The second-order valence-corrected chi connectivity index (χ2v) is 7.28. The Morgan fingerprint density at radius 2 is 1.97 bits per heavy atom. The lowest BCUT2D eigenvalue weighted by molar-refractivity contribution is -0.122. The molecular weight excluding hydrogens is 410 g/mol. The third-order valence-electron chi connectivity index (χ3n) is 4.22. The lowest BCUT2D eigenvalue weighted by Gasteiger charge is -2.11. The molecule has 0 atom stereocenters. The van der Waals surface area contributed by atoms with Crippen molar-refractivity contribution in [1.29, 1.82) is 0 Å². The highest BCUT2D eigenvalue weighted by Gasteiger charge is 2.34. The molecule has 158 valence electrons. The van der Waals surface area contributed by atoms with Gasteiger partial charge in [-0.15, -0.1) is 0 Å². The third-order valence-corrected chi connectivity index (χ3v) is 5.13. The quantitative estimate of drug-likeness (QED) is 0.455. The van der Waals surface area contributed by atoms with Gasteiger partial charge in [-0.05, 0) is 54.1 Å². The van der Waals surface area contributed by atoms with Gasteiger partial charge < -0.3 is 18.6 Å². The zero-order chi connectivity index (χ0) is 21.7. The van der Waals surface area contributed by atoms with Gasteiger partial charge in [-0.2, -0.15) is 0 Å². The van der Waals surface area contributed by atoms with E-state index in [1.807, 2.05) is 6.92 Å². The van der Waals surface area contributed by atoms with E-state index in [1.54, 1.807) is 30.3 Å². The number of furan rings is 1. The van der Waals surface area contributed by atoms with Crippen molar-refractivity contribution in [2.24, 2.45) is 0 Å². The van der Waals surface area contributed by atoms with Crippen LogP contribution in [0.25, 0.3) is 6.08 Å². The predicted molar refractivity (Wildman–Crippen MR) is 110 cm³/mol. The molecule has 0 bridgehead atoms. The van der Waals surface area contributed by atoms with Gasteiger partial charge in [0.1, 0.15) is 12.4 Å². The van der Waals surface area contributed by atoms with Crippen molar-refractivity contribution in [3.63, 3.8) is 0 Å². The van der Waals surface area contributed by atoms with Gasteiger partial charge in [0.05, 0.1) is 19.1 Å². The maximum atomic E-state index is 12.4. The number of amides is 2. The van der Waals surface area contributed by atoms with E-state index in [9.17, 15) is 14.4 Å². The molecule has 8 nitrogen and oxygen atoms in total. The van der Waals surface area contributed by atoms with Crippen LogP contribution in [0, 0.1) is 0 Å². The molecule has 0 radical (unpaired) electrons. The van der Waals surface area contributed by atoms with Gasteiger partial charge in [-0.25, -0.2) is 4.79 Å². The van der Waals surface area contributed by atoms with Crippen molar-refractivity contribution in [2.45, 2.75) is 20.0 Å². The molecule has 0 aliphatic carbocycles. The summed E-state index contributed by atoms with van der Waals surface area (Å²) >= 11 is 0.925. The van der Waals surface area contributed by atoms with Gasteiger partial charge in [-0.3, -0.25) is 14.5 Å². The Bertz CT molecular complexity index is 995. The summed E-state index contributed by atoms with van der Waals surface area (Å²) in [7, 11) is 2.78. The highest BCUT2D eigenvalue weighted by Crippen LogP contribution is 2.34. The van der Waals surface area contributed by atoms with E-state index in [0.717, 1.165) is 11.8 Å². The van der Waals surface area contributed by atoms with Crippen LogP contribution in [-0.2, 0) is 16.1 Å². The minimum Gasteiger partial charge on any atom is -0.493 e. The lowest BCUT2D eigenvalue weighted by atomic mass is 10.2. The van der Waals surface area contributed by atoms with E-state index < -0.39 is 5.97 Å². The summed E-state index contributed by atoms with van der Waals surface area (Å²) in [6, 6.07) is 8.31. The first-order chi connectivity index (χ1) is 14.5. The first kappa shape index (κ1) is 21.5. The highest BCUT2D eigenvalue weighted by molar-refractivity contribution is 8.18. The average Bonchev–Trinajstić information content (AvgIpc) is 3.33. The van der Waals surface area contributed by atoms with E-state index in [2.05, 4.69) is 4.74 Å². The van der Waals surface area contributed by atoms with Crippen molar-refractivity contribution in [3.05, 3.63) is 52.3 Å². The van der Waals surface area contributed by atoms with Crippen LogP contribution < -0.4 is 9.47 Å². The molecule has 2 heterocycles. The number of benzene rings is 1. The number of rotatable bonds is 8. The van der Waals surface area contributed by atoms with E-state index in [0.29, 0.717) is 40.7 Å². The molecule has 2 aromatic rings. The van der Waals surface area contributed by atoms with E-state index in [4.69, 9.17) is 13.9 Å². The van der Waals surface area contributed by atoms with Crippen molar-refractivity contribution in [1.82, 2.24) is 4.90 Å². The summed E-state index contributed by atoms with van der Waals surface area (Å²) in [4.78, 5) is 37.4. The van der Waals surface area contributed by atoms with Gasteiger partial charge in [-0.1, -0.05) is 13.0 Å². The Hall–Kier alpha value is -3.20. The molecule has 1 saturated heterocycles. The number of carbonyl (C=O) groups is 3. The zero-order valence-corrected chi connectivity index (χ0v) is 17.6. The number of methoxy groups -OCH3 is 2. The molecule has 0 N–H and O–H groups in total. The van der Waals surface area contributed by atoms with Crippen molar-refractivity contribution in [3.8, 4) is 11.5 Å². The molecule has 30 heavy (non-hydrogen) atoms. The minimum atomic E-state index is -0.563. The summed E-state index contributed by atoms with van der Waals surface area (Å²) in [5.74, 6) is 0.611. The molecule has 1 aromatic heterocycles. The molecule has 9 heteroatoms. The molecule has 1 fully saturated rings. The lowest BCUT2D eigenvalue weighted by Crippen LogP contribution is -2.28. The topological polar surface area (TPSA) is 95.3 Å². The molecular formula is C21H21NO7S. The number of carbonyl (C=O) groups excluding carboxylic acids is 3. The van der Waals surface area contributed by atoms with Gasteiger partial charge >= 0.3 is 5.97 Å². The Balaban J connectivity index is 1.72. The average molecular weight is 431 g/mol. The van der Waals surface area contributed by atoms with Gasteiger partial charge in [0.15, 0.2) is 11.5 Å². The molecule has 0 saturated carbocycles.